The first-order chi connectivity index (χ1) is 22.0. The van der Waals surface area contributed by atoms with Crippen LogP contribution in [0.15, 0.2) is 104 Å². The zero-order valence-corrected chi connectivity index (χ0v) is 26.0. The third-order valence-electron chi connectivity index (χ3n) is 7.77. The normalized spacial score (nSPS) is 10.9. The predicted octanol–water partition coefficient (Wildman–Crippen LogP) is 7.93. The number of aryl methyl sites for hydroxylation is 2. The second kappa shape index (κ2) is 13.4. The van der Waals surface area contributed by atoms with Crippen molar-refractivity contribution in [2.45, 2.75) is 33.4 Å². The van der Waals surface area contributed by atoms with Gasteiger partial charge >= 0.3 is 0 Å². The first kappa shape index (κ1) is 29.6. The zero-order valence-electron chi connectivity index (χ0n) is 26.0. The van der Waals surface area contributed by atoms with Crippen molar-refractivity contribution in [2.75, 3.05) is 24.4 Å². The summed E-state index contributed by atoms with van der Waals surface area (Å²) in [4.78, 5) is 21.5. The Kier molecular flexibility index (Phi) is 8.82. The van der Waals surface area contributed by atoms with E-state index in [4.69, 9.17) is 19.4 Å². The lowest BCUT2D eigenvalue weighted by atomic mass is 10.0. The Morgan fingerprint density at radius 2 is 1.44 bits per heavy atom. The molecule has 226 valence electrons. The Morgan fingerprint density at radius 1 is 0.756 bits per heavy atom. The Bertz CT molecular complexity index is 1860. The summed E-state index contributed by atoms with van der Waals surface area (Å²) in [5.74, 6) is 3.94. The molecule has 0 bridgehead atoms. The molecule has 4 heterocycles. The van der Waals surface area contributed by atoms with Crippen molar-refractivity contribution in [1.29, 1.82) is 0 Å². The number of hydrogen-bond acceptors (Lipinski definition) is 8. The van der Waals surface area contributed by atoms with Crippen LogP contribution in [0.4, 0.5) is 17.5 Å². The van der Waals surface area contributed by atoms with Crippen LogP contribution in [-0.4, -0.2) is 34.2 Å². The zero-order chi connectivity index (χ0) is 31.2. The molecule has 0 amide bonds. The Morgan fingerprint density at radius 3 is 2.07 bits per heavy atom. The third kappa shape index (κ3) is 6.86. The summed E-state index contributed by atoms with van der Waals surface area (Å²) in [7, 11) is 3.36. The molecule has 2 aromatic carbocycles. The summed E-state index contributed by atoms with van der Waals surface area (Å²) in [5.41, 5.74) is 6.28. The maximum absolute atomic E-state index is 5.42. The maximum Gasteiger partial charge on any atom is 0.139 e. The van der Waals surface area contributed by atoms with Gasteiger partial charge in [0.05, 0.1) is 19.9 Å². The van der Waals surface area contributed by atoms with E-state index in [0.29, 0.717) is 18.9 Å². The second-order valence-corrected chi connectivity index (χ2v) is 10.8. The van der Waals surface area contributed by atoms with E-state index >= 15 is 0 Å². The lowest BCUT2D eigenvalue weighted by Gasteiger charge is -2.26. The monoisotopic (exact) mass is 596 g/mol. The van der Waals surface area contributed by atoms with E-state index in [1.54, 1.807) is 14.2 Å². The highest BCUT2D eigenvalue weighted by molar-refractivity contribution is 5.96. The van der Waals surface area contributed by atoms with Gasteiger partial charge < -0.3 is 19.7 Å². The predicted molar refractivity (Wildman–Crippen MR) is 180 cm³/mol. The number of fused-ring (bicyclic) bond motifs is 1. The van der Waals surface area contributed by atoms with Crippen LogP contribution in [0.25, 0.3) is 22.0 Å². The van der Waals surface area contributed by atoms with Crippen LogP contribution in [0.5, 0.6) is 11.5 Å². The summed E-state index contributed by atoms with van der Waals surface area (Å²) in [6.45, 7) is 5.38. The van der Waals surface area contributed by atoms with Gasteiger partial charge in [-0.05, 0) is 90.0 Å². The summed E-state index contributed by atoms with van der Waals surface area (Å²) in [6, 6.07) is 28.5. The van der Waals surface area contributed by atoms with Crippen molar-refractivity contribution in [3.05, 3.63) is 126 Å². The lowest BCUT2D eigenvalue weighted by molar-refractivity contribution is 0.414. The molecule has 0 atom stereocenters. The first-order valence-corrected chi connectivity index (χ1v) is 15.0. The molecule has 45 heavy (non-hydrogen) atoms. The molecule has 0 aliphatic carbocycles. The number of hydrogen-bond donors (Lipinski definition) is 1. The molecule has 0 radical (unpaired) electrons. The average molecular weight is 597 g/mol. The number of nitrogens with zero attached hydrogens (tertiary/aromatic N) is 5. The van der Waals surface area contributed by atoms with E-state index in [1.165, 1.54) is 5.56 Å². The van der Waals surface area contributed by atoms with Gasteiger partial charge in [0.25, 0.3) is 0 Å². The van der Waals surface area contributed by atoms with Crippen molar-refractivity contribution in [1.82, 2.24) is 19.9 Å². The summed E-state index contributed by atoms with van der Waals surface area (Å²) < 4.78 is 10.8. The number of rotatable bonds is 11. The highest BCUT2D eigenvalue weighted by atomic mass is 16.5. The Hall–Kier alpha value is -5.50. The van der Waals surface area contributed by atoms with Crippen molar-refractivity contribution in [3.8, 4) is 22.8 Å². The van der Waals surface area contributed by atoms with E-state index in [-0.39, 0.29) is 0 Å². The summed E-state index contributed by atoms with van der Waals surface area (Å²) >= 11 is 0. The van der Waals surface area contributed by atoms with Gasteiger partial charge in [0.15, 0.2) is 0 Å². The summed E-state index contributed by atoms with van der Waals surface area (Å²) in [5, 5.41) is 5.34. The molecule has 0 saturated heterocycles. The molecule has 8 heteroatoms. The quantitative estimate of drug-likeness (QED) is 0.161. The molecule has 1 N–H and O–H groups in total. The van der Waals surface area contributed by atoms with E-state index in [9.17, 15) is 0 Å². The molecular weight excluding hydrogens is 560 g/mol. The molecule has 0 saturated carbocycles. The van der Waals surface area contributed by atoms with E-state index in [2.05, 4.69) is 69.6 Å². The van der Waals surface area contributed by atoms with Gasteiger partial charge in [-0.2, -0.15) is 0 Å². The fourth-order valence-electron chi connectivity index (χ4n) is 5.39. The van der Waals surface area contributed by atoms with Crippen molar-refractivity contribution >= 4 is 28.2 Å². The number of anilines is 3. The maximum atomic E-state index is 5.42. The SMILES string of the molecule is CCc1ccncc1-c1cc2cc(Nc3cccc(C)n3)ncc2c(N(Cc2ccc(OC)cc2)Cc2ccc(OC)cc2)n1. The standard InChI is InChI=1S/C37H36N6O2/c1-5-28-17-18-38-21-32(28)34-19-29-20-36(42-35-8-6-7-25(2)40-35)39-22-33(29)37(41-34)43(23-26-9-13-30(44-3)14-10-26)24-27-11-15-31(45-4)16-12-27/h6-22H,5,23-24H2,1-4H3,(H,39,40,42). The number of ether oxygens (including phenoxy) is 2. The highest BCUT2D eigenvalue weighted by Crippen LogP contribution is 2.34. The van der Waals surface area contributed by atoms with Gasteiger partial charge in [-0.1, -0.05) is 37.3 Å². The number of methoxy groups -OCH3 is 2. The lowest BCUT2D eigenvalue weighted by Crippen LogP contribution is -2.24. The van der Waals surface area contributed by atoms with Gasteiger partial charge in [0.1, 0.15) is 29.0 Å². The molecule has 6 aromatic rings. The second-order valence-electron chi connectivity index (χ2n) is 10.8. The smallest absolute Gasteiger partial charge is 0.139 e. The molecule has 6 rings (SSSR count). The van der Waals surface area contributed by atoms with Crippen molar-refractivity contribution < 1.29 is 9.47 Å². The molecule has 0 fully saturated rings. The largest absolute Gasteiger partial charge is 0.497 e. The summed E-state index contributed by atoms with van der Waals surface area (Å²) in [6.07, 6.45) is 6.52. The fourth-order valence-corrected chi connectivity index (χ4v) is 5.39. The van der Waals surface area contributed by atoms with Crippen LogP contribution in [-0.2, 0) is 19.5 Å². The van der Waals surface area contributed by atoms with Gasteiger partial charge in [0.2, 0.25) is 0 Å². The Labute approximate surface area is 263 Å². The van der Waals surface area contributed by atoms with Gasteiger partial charge in [-0.3, -0.25) is 4.98 Å². The first-order valence-electron chi connectivity index (χ1n) is 15.0. The Balaban J connectivity index is 1.50. The molecule has 0 aliphatic rings. The van der Waals surface area contributed by atoms with E-state index < -0.39 is 0 Å². The van der Waals surface area contributed by atoms with Gasteiger partial charge in [-0.25, -0.2) is 15.0 Å². The molecular formula is C37H36N6O2. The van der Waals surface area contributed by atoms with Crippen molar-refractivity contribution in [3.63, 3.8) is 0 Å². The van der Waals surface area contributed by atoms with Crippen LogP contribution in [0, 0.1) is 6.92 Å². The third-order valence-corrected chi connectivity index (χ3v) is 7.77. The molecule has 4 aromatic heterocycles. The molecule has 0 aliphatic heterocycles. The molecule has 0 spiro atoms. The van der Waals surface area contributed by atoms with Crippen LogP contribution < -0.4 is 19.7 Å². The van der Waals surface area contributed by atoms with Crippen LogP contribution in [0.3, 0.4) is 0 Å². The number of nitrogens with one attached hydrogen (secondary N) is 1. The van der Waals surface area contributed by atoms with E-state index in [1.807, 2.05) is 68.0 Å². The van der Waals surface area contributed by atoms with Gasteiger partial charge in [-0.15, -0.1) is 0 Å². The number of pyridine rings is 4. The molecule has 8 nitrogen and oxygen atoms in total. The van der Waals surface area contributed by atoms with Crippen LogP contribution in [0.2, 0.25) is 0 Å². The van der Waals surface area contributed by atoms with Crippen LogP contribution >= 0.6 is 0 Å². The topological polar surface area (TPSA) is 85.3 Å². The number of benzene rings is 2. The van der Waals surface area contributed by atoms with Crippen LogP contribution in [0.1, 0.15) is 29.3 Å². The number of aromatic nitrogens is 4. The minimum Gasteiger partial charge on any atom is -0.497 e. The average Bonchev–Trinajstić information content (AvgIpc) is 3.08. The highest BCUT2D eigenvalue weighted by Gasteiger charge is 2.18. The molecule has 0 unspecified atom stereocenters. The van der Waals surface area contributed by atoms with Crippen molar-refractivity contribution in [2.24, 2.45) is 0 Å². The minimum absolute atomic E-state index is 0.627. The van der Waals surface area contributed by atoms with E-state index in [0.717, 1.165) is 68.4 Å². The fraction of sp³-hybridized carbons (Fsp3) is 0.189. The minimum atomic E-state index is 0.627. The van der Waals surface area contributed by atoms with Gasteiger partial charge in [0, 0.05) is 48.3 Å².